The fraction of sp³-hybridized carbons (Fsp3) is 0. The van der Waals surface area contributed by atoms with E-state index in [4.69, 9.17) is 0 Å². The lowest BCUT2D eigenvalue weighted by molar-refractivity contribution is 1.28. The van der Waals surface area contributed by atoms with Gasteiger partial charge in [-0.2, -0.15) is 0 Å². The van der Waals surface area contributed by atoms with Crippen molar-refractivity contribution in [2.75, 3.05) is 9.80 Å². The predicted molar refractivity (Wildman–Crippen MR) is 255 cm³/mol. The maximum atomic E-state index is 2.39. The molecule has 0 saturated heterocycles. The van der Waals surface area contributed by atoms with Crippen molar-refractivity contribution in [2.45, 2.75) is 0 Å². The van der Waals surface area contributed by atoms with Gasteiger partial charge in [0.2, 0.25) is 0 Å². The second kappa shape index (κ2) is 14.8. The van der Waals surface area contributed by atoms with Crippen LogP contribution in [0.25, 0.3) is 64.0 Å². The number of benzene rings is 10. The average molecular weight is 771 g/mol. The van der Waals surface area contributed by atoms with Gasteiger partial charge < -0.3 is 9.80 Å². The van der Waals surface area contributed by atoms with Crippen molar-refractivity contribution in [3.05, 3.63) is 231 Å². The zero-order chi connectivity index (χ0) is 39.1. The monoisotopic (exact) mass is 770 g/mol. The lowest BCUT2D eigenvalue weighted by Crippen LogP contribution is -2.11. The first-order chi connectivity index (χ1) is 29.3. The smallest absolute Gasteiger partial charge is 0.0540 e. The molecule has 0 bridgehead atoms. The third-order valence-electron chi connectivity index (χ3n) is 11.4. The van der Waals surface area contributed by atoms with E-state index in [1.54, 1.807) is 0 Å². The highest BCUT2D eigenvalue weighted by Crippen LogP contribution is 2.47. The molecule has 0 unspecified atom stereocenters. The number of fused-ring (bicyclic) bond motifs is 8. The van der Waals surface area contributed by atoms with E-state index in [0.29, 0.717) is 0 Å². The van der Waals surface area contributed by atoms with Crippen LogP contribution in [-0.4, -0.2) is 0 Å². The molecule has 0 amide bonds. The summed E-state index contributed by atoms with van der Waals surface area (Å²) in [6.07, 6.45) is 0. The molecule has 0 spiro atoms. The quantitative estimate of drug-likeness (QED) is 0.142. The minimum absolute atomic E-state index is 1.11. The molecular formula is C56H38N2S. The number of rotatable bonds is 8. The summed E-state index contributed by atoms with van der Waals surface area (Å²) in [7, 11) is 0. The van der Waals surface area contributed by atoms with Gasteiger partial charge in [0.15, 0.2) is 0 Å². The summed E-state index contributed by atoms with van der Waals surface area (Å²) in [5.41, 5.74) is 11.6. The SMILES string of the molecule is c1ccc(-c2ccccc2N(c2ccccc2)c2ccc(-c3ccc4c(c3)sc3c5ccc(N(c6ccccc6)c6ccccc6)cc5c5ccccc5c43)cc2)cc1. The Hall–Kier alpha value is -7.46. The highest BCUT2D eigenvalue weighted by Gasteiger charge is 2.20. The van der Waals surface area contributed by atoms with E-state index in [9.17, 15) is 0 Å². The molecule has 11 rings (SSSR count). The van der Waals surface area contributed by atoms with Crippen LogP contribution in [0, 0.1) is 0 Å². The largest absolute Gasteiger partial charge is 0.310 e. The van der Waals surface area contributed by atoms with Crippen molar-refractivity contribution in [1.82, 2.24) is 0 Å². The Balaban J connectivity index is 1.01. The highest BCUT2D eigenvalue weighted by molar-refractivity contribution is 7.27. The molecule has 0 atom stereocenters. The minimum atomic E-state index is 1.11. The Morgan fingerprint density at radius 3 is 1.47 bits per heavy atom. The van der Waals surface area contributed by atoms with E-state index in [-0.39, 0.29) is 0 Å². The Labute approximate surface area is 348 Å². The van der Waals surface area contributed by atoms with Gasteiger partial charge in [0.25, 0.3) is 0 Å². The third-order valence-corrected chi connectivity index (χ3v) is 12.6. The molecule has 59 heavy (non-hydrogen) atoms. The van der Waals surface area contributed by atoms with Crippen LogP contribution in [0.4, 0.5) is 34.1 Å². The van der Waals surface area contributed by atoms with Crippen molar-refractivity contribution in [3.8, 4) is 22.3 Å². The maximum Gasteiger partial charge on any atom is 0.0540 e. The zero-order valence-corrected chi connectivity index (χ0v) is 33.1. The number of hydrogen-bond acceptors (Lipinski definition) is 3. The van der Waals surface area contributed by atoms with Gasteiger partial charge in [-0.15, -0.1) is 11.3 Å². The first-order valence-electron chi connectivity index (χ1n) is 20.1. The molecule has 0 saturated carbocycles. The van der Waals surface area contributed by atoms with E-state index in [1.165, 1.54) is 64.0 Å². The second-order valence-electron chi connectivity index (χ2n) is 14.9. The molecule has 10 aromatic carbocycles. The fourth-order valence-electron chi connectivity index (χ4n) is 8.70. The van der Waals surface area contributed by atoms with E-state index in [0.717, 1.165) is 34.1 Å². The van der Waals surface area contributed by atoms with Crippen LogP contribution in [-0.2, 0) is 0 Å². The summed E-state index contributed by atoms with van der Waals surface area (Å²) in [6, 6.07) is 83.3. The van der Waals surface area contributed by atoms with E-state index >= 15 is 0 Å². The average Bonchev–Trinajstić information content (AvgIpc) is 3.70. The molecule has 0 aliphatic rings. The van der Waals surface area contributed by atoms with Crippen molar-refractivity contribution in [2.24, 2.45) is 0 Å². The van der Waals surface area contributed by atoms with Crippen molar-refractivity contribution in [1.29, 1.82) is 0 Å². The molecule has 0 radical (unpaired) electrons. The molecule has 0 N–H and O–H groups in total. The van der Waals surface area contributed by atoms with Crippen LogP contribution in [0.2, 0.25) is 0 Å². The topological polar surface area (TPSA) is 6.48 Å². The number of nitrogens with zero attached hydrogens (tertiary/aromatic N) is 2. The van der Waals surface area contributed by atoms with Gasteiger partial charge in [0.1, 0.15) is 0 Å². The Morgan fingerprint density at radius 2 is 0.797 bits per heavy atom. The first-order valence-corrected chi connectivity index (χ1v) is 20.9. The standard InChI is InChI=1S/C56H38N2S/c1-5-17-40(18-6-1)47-25-15-16-28-53(47)58(44-23-11-4-12-24-44)45-32-29-39(30-33-45)41-31-35-51-54(37-41)59-56-50-36-34-46(38-52(50)48-26-13-14-27-49(48)55(51)56)57(42-19-7-2-8-20-42)43-21-9-3-10-22-43/h1-38H. The molecule has 1 aromatic heterocycles. The van der Waals surface area contributed by atoms with Crippen LogP contribution < -0.4 is 9.80 Å². The lowest BCUT2D eigenvalue weighted by atomic mass is 9.95. The molecule has 0 fully saturated rings. The van der Waals surface area contributed by atoms with Gasteiger partial charge in [-0.3, -0.25) is 0 Å². The van der Waals surface area contributed by atoms with Crippen molar-refractivity contribution in [3.63, 3.8) is 0 Å². The van der Waals surface area contributed by atoms with Gasteiger partial charge in [-0.05, 0) is 106 Å². The summed E-state index contributed by atoms with van der Waals surface area (Å²) in [6.45, 7) is 0. The minimum Gasteiger partial charge on any atom is -0.310 e. The van der Waals surface area contributed by atoms with E-state index in [1.807, 2.05) is 11.3 Å². The van der Waals surface area contributed by atoms with Gasteiger partial charge in [-0.1, -0.05) is 158 Å². The van der Waals surface area contributed by atoms with Crippen LogP contribution in [0.1, 0.15) is 0 Å². The molecule has 278 valence electrons. The summed E-state index contributed by atoms with van der Waals surface area (Å²) < 4.78 is 2.62. The van der Waals surface area contributed by atoms with Gasteiger partial charge in [-0.25, -0.2) is 0 Å². The second-order valence-corrected chi connectivity index (χ2v) is 16.0. The summed E-state index contributed by atoms with van der Waals surface area (Å²) in [4.78, 5) is 4.71. The van der Waals surface area contributed by atoms with Gasteiger partial charge in [0.05, 0.1) is 5.69 Å². The first kappa shape index (κ1) is 34.8. The zero-order valence-electron chi connectivity index (χ0n) is 32.2. The van der Waals surface area contributed by atoms with Crippen molar-refractivity contribution >= 4 is 87.2 Å². The Bertz CT molecular complexity index is 3210. The summed E-state index contributed by atoms with van der Waals surface area (Å²) in [5, 5.41) is 7.75. The number of hydrogen-bond donors (Lipinski definition) is 0. The molecule has 11 aromatic rings. The number of anilines is 6. The summed E-state index contributed by atoms with van der Waals surface area (Å²) in [5.74, 6) is 0. The number of para-hydroxylation sites is 4. The molecule has 0 aliphatic carbocycles. The van der Waals surface area contributed by atoms with Crippen LogP contribution in [0.15, 0.2) is 231 Å². The predicted octanol–water partition coefficient (Wildman–Crippen LogP) is 16.6. The van der Waals surface area contributed by atoms with Crippen LogP contribution in [0.5, 0.6) is 0 Å². The lowest BCUT2D eigenvalue weighted by Gasteiger charge is -2.28. The highest BCUT2D eigenvalue weighted by atomic mass is 32.1. The van der Waals surface area contributed by atoms with E-state index < -0.39 is 0 Å². The molecule has 3 heteroatoms. The molecule has 0 aliphatic heterocycles. The number of thiophene rings is 1. The molecule has 1 heterocycles. The van der Waals surface area contributed by atoms with Crippen molar-refractivity contribution < 1.29 is 0 Å². The molecule has 2 nitrogen and oxygen atoms in total. The van der Waals surface area contributed by atoms with Gasteiger partial charge in [0, 0.05) is 59.6 Å². The van der Waals surface area contributed by atoms with Crippen LogP contribution in [0.3, 0.4) is 0 Å². The molecular weight excluding hydrogens is 733 g/mol. The third kappa shape index (κ3) is 6.20. The Morgan fingerprint density at radius 1 is 0.288 bits per heavy atom. The normalized spacial score (nSPS) is 11.4. The fourth-order valence-corrected chi connectivity index (χ4v) is 10.00. The van der Waals surface area contributed by atoms with Gasteiger partial charge >= 0.3 is 0 Å². The maximum absolute atomic E-state index is 2.39. The van der Waals surface area contributed by atoms with Crippen LogP contribution >= 0.6 is 11.3 Å². The van der Waals surface area contributed by atoms with E-state index in [2.05, 4.69) is 240 Å². The Kier molecular flexibility index (Phi) is 8.72. The summed E-state index contributed by atoms with van der Waals surface area (Å²) >= 11 is 1.90.